The zero-order valence-electron chi connectivity index (χ0n) is 15.0. The van der Waals surface area contributed by atoms with Gasteiger partial charge in [0.2, 0.25) is 0 Å². The molecule has 0 saturated carbocycles. The average molecular weight is 346 g/mol. The van der Waals surface area contributed by atoms with E-state index >= 15 is 0 Å². The summed E-state index contributed by atoms with van der Waals surface area (Å²) in [6.07, 6.45) is 0. The van der Waals surface area contributed by atoms with Crippen molar-refractivity contribution in [3.63, 3.8) is 0 Å². The molecule has 27 heavy (non-hydrogen) atoms. The predicted molar refractivity (Wildman–Crippen MR) is 115 cm³/mol. The van der Waals surface area contributed by atoms with Crippen LogP contribution in [0.5, 0.6) is 0 Å². The highest BCUT2D eigenvalue weighted by Gasteiger charge is 2.13. The van der Waals surface area contributed by atoms with Gasteiger partial charge in [-0.3, -0.25) is 0 Å². The highest BCUT2D eigenvalue weighted by atomic mass is 14.9. The van der Waals surface area contributed by atoms with Crippen molar-refractivity contribution < 1.29 is 0 Å². The van der Waals surface area contributed by atoms with Crippen LogP contribution in [0, 0.1) is 0 Å². The number of para-hydroxylation sites is 3. The van der Waals surface area contributed by atoms with Gasteiger partial charge in [0.25, 0.3) is 0 Å². The Bertz CT molecular complexity index is 1480. The SMILES string of the molecule is Cn1c2ccccc2c2cccc(-c3ccc4c(c3)[nH]c3ccccc34)c21. The number of hydrogen-bond donors (Lipinski definition) is 1. The van der Waals surface area contributed by atoms with Crippen LogP contribution in [0.15, 0.2) is 84.9 Å². The number of nitrogens with one attached hydrogen (secondary N) is 1. The molecule has 0 fully saturated rings. The summed E-state index contributed by atoms with van der Waals surface area (Å²) in [5.41, 5.74) is 7.44. The number of H-pyrrole nitrogens is 1. The maximum atomic E-state index is 3.57. The van der Waals surface area contributed by atoms with Crippen LogP contribution in [0.25, 0.3) is 54.7 Å². The van der Waals surface area contributed by atoms with Gasteiger partial charge < -0.3 is 9.55 Å². The molecule has 6 rings (SSSR count). The average Bonchev–Trinajstić information content (AvgIpc) is 3.24. The van der Waals surface area contributed by atoms with Crippen molar-refractivity contribution in [1.82, 2.24) is 9.55 Å². The summed E-state index contributed by atoms with van der Waals surface area (Å²) in [5, 5.41) is 5.17. The van der Waals surface area contributed by atoms with Crippen LogP contribution in [0.4, 0.5) is 0 Å². The van der Waals surface area contributed by atoms with Crippen molar-refractivity contribution in [2.45, 2.75) is 0 Å². The summed E-state index contributed by atoms with van der Waals surface area (Å²) in [6.45, 7) is 0. The van der Waals surface area contributed by atoms with E-state index in [4.69, 9.17) is 0 Å². The van der Waals surface area contributed by atoms with E-state index < -0.39 is 0 Å². The minimum Gasteiger partial charge on any atom is -0.354 e. The number of nitrogens with zero attached hydrogens (tertiary/aromatic N) is 1. The maximum absolute atomic E-state index is 3.57. The van der Waals surface area contributed by atoms with Crippen LogP contribution in [-0.2, 0) is 7.05 Å². The van der Waals surface area contributed by atoms with Gasteiger partial charge >= 0.3 is 0 Å². The Morgan fingerprint density at radius 3 is 2.30 bits per heavy atom. The van der Waals surface area contributed by atoms with Crippen LogP contribution in [-0.4, -0.2) is 9.55 Å². The van der Waals surface area contributed by atoms with Crippen LogP contribution in [0.1, 0.15) is 0 Å². The summed E-state index contributed by atoms with van der Waals surface area (Å²) in [6, 6.07) is 30.5. The Kier molecular flexibility index (Phi) is 2.84. The fourth-order valence-electron chi connectivity index (χ4n) is 4.49. The molecule has 0 unspecified atom stereocenters. The second-order valence-electron chi connectivity index (χ2n) is 7.21. The molecule has 2 heterocycles. The van der Waals surface area contributed by atoms with E-state index in [9.17, 15) is 0 Å². The highest BCUT2D eigenvalue weighted by Crippen LogP contribution is 2.36. The van der Waals surface area contributed by atoms with E-state index in [0.29, 0.717) is 0 Å². The van der Waals surface area contributed by atoms with Crippen molar-refractivity contribution in [3.8, 4) is 11.1 Å². The number of hydrogen-bond acceptors (Lipinski definition) is 0. The number of aryl methyl sites for hydroxylation is 1. The first kappa shape index (κ1) is 14.6. The first-order valence-corrected chi connectivity index (χ1v) is 9.28. The molecule has 2 nitrogen and oxygen atoms in total. The molecule has 2 heteroatoms. The van der Waals surface area contributed by atoms with Gasteiger partial charge in [0.15, 0.2) is 0 Å². The molecular formula is C25H18N2. The Morgan fingerprint density at radius 2 is 1.37 bits per heavy atom. The third-order valence-corrected chi connectivity index (χ3v) is 5.74. The first-order chi connectivity index (χ1) is 13.3. The smallest absolute Gasteiger partial charge is 0.0568 e. The molecular weight excluding hydrogens is 328 g/mol. The molecule has 0 radical (unpaired) electrons. The van der Waals surface area contributed by atoms with Gasteiger partial charge in [0.05, 0.1) is 5.52 Å². The van der Waals surface area contributed by atoms with Gasteiger partial charge in [-0.25, -0.2) is 0 Å². The monoisotopic (exact) mass is 346 g/mol. The fraction of sp³-hybridized carbons (Fsp3) is 0.0400. The zero-order valence-corrected chi connectivity index (χ0v) is 15.0. The normalized spacial score (nSPS) is 11.9. The lowest BCUT2D eigenvalue weighted by Crippen LogP contribution is -1.89. The molecule has 0 amide bonds. The van der Waals surface area contributed by atoms with E-state index in [0.717, 1.165) is 0 Å². The largest absolute Gasteiger partial charge is 0.354 e. The Morgan fingerprint density at radius 1 is 0.630 bits per heavy atom. The predicted octanol–water partition coefficient (Wildman–Crippen LogP) is 6.63. The second kappa shape index (κ2) is 5.24. The molecule has 0 aliphatic carbocycles. The van der Waals surface area contributed by atoms with Crippen molar-refractivity contribution in [2.75, 3.05) is 0 Å². The van der Waals surface area contributed by atoms with Gasteiger partial charge in [-0.1, -0.05) is 66.7 Å². The van der Waals surface area contributed by atoms with Crippen LogP contribution in [0.3, 0.4) is 0 Å². The van der Waals surface area contributed by atoms with Gasteiger partial charge in [0.1, 0.15) is 0 Å². The van der Waals surface area contributed by atoms with Gasteiger partial charge in [-0.2, -0.15) is 0 Å². The molecule has 128 valence electrons. The van der Waals surface area contributed by atoms with Crippen molar-refractivity contribution in [3.05, 3.63) is 84.9 Å². The van der Waals surface area contributed by atoms with Crippen molar-refractivity contribution in [2.24, 2.45) is 7.05 Å². The van der Waals surface area contributed by atoms with Gasteiger partial charge in [-0.15, -0.1) is 0 Å². The molecule has 0 bridgehead atoms. The summed E-state index contributed by atoms with van der Waals surface area (Å²) in [5.74, 6) is 0. The third-order valence-electron chi connectivity index (χ3n) is 5.74. The summed E-state index contributed by atoms with van der Waals surface area (Å²) < 4.78 is 2.31. The van der Waals surface area contributed by atoms with Crippen LogP contribution >= 0.6 is 0 Å². The summed E-state index contributed by atoms with van der Waals surface area (Å²) in [7, 11) is 2.16. The molecule has 0 spiro atoms. The van der Waals surface area contributed by atoms with E-state index in [1.165, 1.54) is 54.7 Å². The molecule has 1 N–H and O–H groups in total. The summed E-state index contributed by atoms with van der Waals surface area (Å²) in [4.78, 5) is 3.57. The number of aromatic amines is 1. The lowest BCUT2D eigenvalue weighted by Gasteiger charge is -2.07. The van der Waals surface area contributed by atoms with E-state index in [2.05, 4.69) is 102 Å². The van der Waals surface area contributed by atoms with Gasteiger partial charge in [0, 0.05) is 50.7 Å². The van der Waals surface area contributed by atoms with E-state index in [1.807, 2.05) is 0 Å². The van der Waals surface area contributed by atoms with Crippen molar-refractivity contribution in [1.29, 1.82) is 0 Å². The van der Waals surface area contributed by atoms with E-state index in [-0.39, 0.29) is 0 Å². The molecule has 6 aromatic rings. The number of benzene rings is 4. The van der Waals surface area contributed by atoms with E-state index in [1.54, 1.807) is 0 Å². The lowest BCUT2D eigenvalue weighted by molar-refractivity contribution is 1.02. The second-order valence-corrected chi connectivity index (χ2v) is 7.21. The number of aromatic nitrogens is 2. The molecule has 0 aliphatic heterocycles. The minimum absolute atomic E-state index is 1.18. The molecule has 4 aromatic carbocycles. The zero-order chi connectivity index (χ0) is 18.0. The maximum Gasteiger partial charge on any atom is 0.0568 e. The lowest BCUT2D eigenvalue weighted by atomic mass is 10.0. The fourth-order valence-corrected chi connectivity index (χ4v) is 4.49. The molecule has 0 aliphatic rings. The van der Waals surface area contributed by atoms with Crippen LogP contribution < -0.4 is 0 Å². The van der Waals surface area contributed by atoms with Crippen molar-refractivity contribution >= 4 is 43.6 Å². The molecule has 2 aromatic heterocycles. The standard InChI is InChI=1S/C25H18N2/c1-27-24-12-5-3-8-20(24)21-10-6-9-17(25(21)27)16-13-14-19-18-7-2-4-11-22(18)26-23(19)15-16/h2-15,26H,1H3. The summed E-state index contributed by atoms with van der Waals surface area (Å²) >= 11 is 0. The van der Waals surface area contributed by atoms with Crippen LogP contribution in [0.2, 0.25) is 0 Å². The first-order valence-electron chi connectivity index (χ1n) is 9.28. The Hall–Kier alpha value is -3.52. The number of rotatable bonds is 1. The molecule has 0 atom stereocenters. The Labute approximate surface area is 156 Å². The highest BCUT2D eigenvalue weighted by molar-refractivity contribution is 6.14. The Balaban J connectivity index is 1.69. The van der Waals surface area contributed by atoms with Gasteiger partial charge in [-0.05, 0) is 23.8 Å². The topological polar surface area (TPSA) is 20.7 Å². The quantitative estimate of drug-likeness (QED) is 0.345. The third kappa shape index (κ3) is 1.95. The molecule has 0 saturated heterocycles. The minimum atomic E-state index is 1.18. The number of fused-ring (bicyclic) bond motifs is 6.